The van der Waals surface area contributed by atoms with Crippen molar-refractivity contribution in [3.05, 3.63) is 17.2 Å². The highest BCUT2D eigenvalue weighted by Gasteiger charge is 2.04. The molecule has 0 spiro atoms. The van der Waals surface area contributed by atoms with Crippen molar-refractivity contribution in [1.29, 1.82) is 0 Å². The first-order valence-corrected chi connectivity index (χ1v) is 3.95. The molecule has 0 aliphatic heterocycles. The highest BCUT2D eigenvalue weighted by molar-refractivity contribution is 5.11. The SMILES string of the molecule is CNCc1nc(COC)c(C)[nH]1. The smallest absolute Gasteiger partial charge is 0.120 e. The molecule has 12 heavy (non-hydrogen) atoms. The number of nitrogens with one attached hydrogen (secondary N) is 2. The van der Waals surface area contributed by atoms with Crippen LogP contribution in [-0.2, 0) is 17.9 Å². The Balaban J connectivity index is 2.70. The maximum Gasteiger partial charge on any atom is 0.120 e. The van der Waals surface area contributed by atoms with Gasteiger partial charge in [0, 0.05) is 12.8 Å². The lowest BCUT2D eigenvalue weighted by atomic mass is 10.4. The summed E-state index contributed by atoms with van der Waals surface area (Å²) in [7, 11) is 3.57. The van der Waals surface area contributed by atoms with Crippen LogP contribution in [0.5, 0.6) is 0 Å². The van der Waals surface area contributed by atoms with Gasteiger partial charge in [0.05, 0.1) is 18.8 Å². The van der Waals surface area contributed by atoms with E-state index in [1.54, 1.807) is 7.11 Å². The topological polar surface area (TPSA) is 49.9 Å². The molecule has 0 saturated carbocycles. The Morgan fingerprint density at radius 3 is 2.92 bits per heavy atom. The normalized spacial score (nSPS) is 10.6. The fourth-order valence-corrected chi connectivity index (χ4v) is 1.09. The predicted octanol–water partition coefficient (Wildman–Crippen LogP) is 0.584. The van der Waals surface area contributed by atoms with E-state index in [0.717, 1.165) is 23.8 Å². The largest absolute Gasteiger partial charge is 0.378 e. The second kappa shape index (κ2) is 4.23. The van der Waals surface area contributed by atoms with Gasteiger partial charge in [-0.15, -0.1) is 0 Å². The van der Waals surface area contributed by atoms with Gasteiger partial charge in [-0.3, -0.25) is 0 Å². The minimum Gasteiger partial charge on any atom is -0.378 e. The van der Waals surface area contributed by atoms with Gasteiger partial charge >= 0.3 is 0 Å². The standard InChI is InChI=1S/C8H15N3O/c1-6-7(5-12-3)11-8(10-6)4-9-2/h9H,4-5H2,1-3H3,(H,10,11). The van der Waals surface area contributed by atoms with Crippen molar-refractivity contribution in [1.82, 2.24) is 15.3 Å². The van der Waals surface area contributed by atoms with E-state index < -0.39 is 0 Å². The second-order valence-electron chi connectivity index (χ2n) is 2.72. The Bertz CT molecular complexity index is 244. The van der Waals surface area contributed by atoms with Gasteiger partial charge in [-0.05, 0) is 14.0 Å². The van der Waals surface area contributed by atoms with E-state index >= 15 is 0 Å². The Kier molecular flexibility index (Phi) is 3.25. The van der Waals surface area contributed by atoms with Gasteiger partial charge in [-0.1, -0.05) is 0 Å². The molecule has 1 aromatic heterocycles. The number of methoxy groups -OCH3 is 1. The zero-order valence-corrected chi connectivity index (χ0v) is 7.77. The molecule has 0 aliphatic rings. The molecule has 1 aromatic rings. The fourth-order valence-electron chi connectivity index (χ4n) is 1.09. The number of hydrogen-bond acceptors (Lipinski definition) is 3. The molecule has 0 atom stereocenters. The first-order valence-electron chi connectivity index (χ1n) is 3.95. The van der Waals surface area contributed by atoms with Crippen LogP contribution in [0.1, 0.15) is 17.2 Å². The number of ether oxygens (including phenoxy) is 1. The molecule has 2 N–H and O–H groups in total. The van der Waals surface area contributed by atoms with E-state index in [1.165, 1.54) is 0 Å². The molecule has 1 heterocycles. The van der Waals surface area contributed by atoms with E-state index in [-0.39, 0.29) is 0 Å². The minimum atomic E-state index is 0.575. The lowest BCUT2D eigenvalue weighted by Gasteiger charge is -1.93. The Morgan fingerprint density at radius 2 is 2.33 bits per heavy atom. The second-order valence-corrected chi connectivity index (χ2v) is 2.72. The summed E-state index contributed by atoms with van der Waals surface area (Å²) in [5.74, 6) is 0.960. The maximum atomic E-state index is 5.00. The predicted molar refractivity (Wildman–Crippen MR) is 46.8 cm³/mol. The molecule has 4 heteroatoms. The number of aromatic nitrogens is 2. The van der Waals surface area contributed by atoms with Crippen LogP contribution in [0, 0.1) is 6.92 Å². The van der Waals surface area contributed by atoms with Gasteiger partial charge in [0.2, 0.25) is 0 Å². The van der Waals surface area contributed by atoms with Crippen molar-refractivity contribution in [3.63, 3.8) is 0 Å². The third-order valence-electron chi connectivity index (χ3n) is 1.66. The van der Waals surface area contributed by atoms with Crippen LogP contribution < -0.4 is 5.32 Å². The molecular weight excluding hydrogens is 154 g/mol. The van der Waals surface area contributed by atoms with E-state index in [2.05, 4.69) is 15.3 Å². The summed E-state index contributed by atoms with van der Waals surface area (Å²) in [4.78, 5) is 7.52. The van der Waals surface area contributed by atoms with Gasteiger partial charge in [0.15, 0.2) is 0 Å². The van der Waals surface area contributed by atoms with Gasteiger partial charge in [0.1, 0.15) is 5.82 Å². The Labute approximate surface area is 72.3 Å². The average Bonchev–Trinajstić information content (AvgIpc) is 2.34. The van der Waals surface area contributed by atoms with Crippen LogP contribution in [0.15, 0.2) is 0 Å². The lowest BCUT2D eigenvalue weighted by Crippen LogP contribution is -2.06. The summed E-state index contributed by atoms with van der Waals surface area (Å²) < 4.78 is 5.00. The molecule has 4 nitrogen and oxygen atoms in total. The third-order valence-corrected chi connectivity index (χ3v) is 1.66. The highest BCUT2D eigenvalue weighted by atomic mass is 16.5. The summed E-state index contributed by atoms with van der Waals surface area (Å²) in [5.41, 5.74) is 2.07. The zero-order valence-electron chi connectivity index (χ0n) is 7.77. The number of hydrogen-bond donors (Lipinski definition) is 2. The Hall–Kier alpha value is -0.870. The number of rotatable bonds is 4. The summed E-state index contributed by atoms with van der Waals surface area (Å²) in [6, 6.07) is 0. The molecule has 0 aromatic carbocycles. The number of aromatic amines is 1. The van der Waals surface area contributed by atoms with Crippen LogP contribution in [0.4, 0.5) is 0 Å². The molecule has 0 radical (unpaired) electrons. The van der Waals surface area contributed by atoms with E-state index in [1.807, 2.05) is 14.0 Å². The molecular formula is C8H15N3O. The van der Waals surface area contributed by atoms with Gasteiger partial charge in [-0.2, -0.15) is 0 Å². The molecule has 0 saturated heterocycles. The van der Waals surface area contributed by atoms with Crippen LogP contribution >= 0.6 is 0 Å². The van der Waals surface area contributed by atoms with Crippen LogP contribution in [0.2, 0.25) is 0 Å². The van der Waals surface area contributed by atoms with Crippen LogP contribution in [-0.4, -0.2) is 24.1 Å². The summed E-state index contributed by atoms with van der Waals surface area (Å²) >= 11 is 0. The summed E-state index contributed by atoms with van der Waals surface area (Å²) in [6.07, 6.45) is 0. The van der Waals surface area contributed by atoms with E-state index in [9.17, 15) is 0 Å². The Morgan fingerprint density at radius 1 is 1.58 bits per heavy atom. The molecule has 0 fully saturated rings. The zero-order chi connectivity index (χ0) is 8.97. The molecule has 0 bridgehead atoms. The van der Waals surface area contributed by atoms with Crippen molar-refractivity contribution in [3.8, 4) is 0 Å². The highest BCUT2D eigenvalue weighted by Crippen LogP contribution is 2.05. The molecule has 68 valence electrons. The molecule has 0 amide bonds. The van der Waals surface area contributed by atoms with Crippen molar-refractivity contribution >= 4 is 0 Å². The number of H-pyrrole nitrogens is 1. The molecule has 0 aliphatic carbocycles. The number of nitrogens with zero attached hydrogens (tertiary/aromatic N) is 1. The lowest BCUT2D eigenvalue weighted by molar-refractivity contribution is 0.181. The van der Waals surface area contributed by atoms with Crippen molar-refractivity contribution in [2.45, 2.75) is 20.1 Å². The molecule has 1 rings (SSSR count). The quantitative estimate of drug-likeness (QED) is 0.693. The first kappa shape index (κ1) is 9.22. The summed E-state index contributed by atoms with van der Waals surface area (Å²) in [5, 5.41) is 3.03. The van der Waals surface area contributed by atoms with E-state index in [4.69, 9.17) is 4.74 Å². The van der Waals surface area contributed by atoms with Crippen molar-refractivity contribution < 1.29 is 4.74 Å². The minimum absolute atomic E-state index is 0.575. The number of aryl methyl sites for hydroxylation is 1. The maximum absolute atomic E-state index is 5.00. The van der Waals surface area contributed by atoms with Crippen LogP contribution in [0.3, 0.4) is 0 Å². The van der Waals surface area contributed by atoms with Crippen molar-refractivity contribution in [2.24, 2.45) is 0 Å². The molecule has 0 unspecified atom stereocenters. The third kappa shape index (κ3) is 2.06. The summed E-state index contributed by atoms with van der Waals surface area (Å²) in [6.45, 7) is 3.34. The monoisotopic (exact) mass is 169 g/mol. The fraction of sp³-hybridized carbons (Fsp3) is 0.625. The first-order chi connectivity index (χ1) is 5.77. The van der Waals surface area contributed by atoms with Gasteiger partial charge in [0.25, 0.3) is 0 Å². The van der Waals surface area contributed by atoms with E-state index in [0.29, 0.717) is 6.61 Å². The van der Waals surface area contributed by atoms with Crippen molar-refractivity contribution in [2.75, 3.05) is 14.2 Å². The van der Waals surface area contributed by atoms with Crippen LogP contribution in [0.25, 0.3) is 0 Å². The number of imidazole rings is 1. The van der Waals surface area contributed by atoms with Gasteiger partial charge in [-0.25, -0.2) is 4.98 Å². The van der Waals surface area contributed by atoms with Gasteiger partial charge < -0.3 is 15.0 Å². The average molecular weight is 169 g/mol.